The van der Waals surface area contributed by atoms with E-state index in [0.29, 0.717) is 0 Å². The quantitative estimate of drug-likeness (QED) is 0.622. The van der Waals surface area contributed by atoms with Crippen LogP contribution >= 0.6 is 0 Å². The maximum absolute atomic E-state index is 11.7. The van der Waals surface area contributed by atoms with Crippen LogP contribution in [0.1, 0.15) is 12.8 Å². The summed E-state index contributed by atoms with van der Waals surface area (Å²) in [5.74, 6) is -0.832. The van der Waals surface area contributed by atoms with Crippen molar-refractivity contribution in [2.24, 2.45) is 5.92 Å². The number of rotatable bonds is 1. The predicted octanol–water partition coefficient (Wildman–Crippen LogP) is 1.07. The lowest BCUT2D eigenvalue weighted by Crippen LogP contribution is -2.17. The van der Waals surface area contributed by atoms with Crippen LogP contribution in [0.3, 0.4) is 0 Å². The van der Waals surface area contributed by atoms with E-state index in [0.717, 1.165) is 0 Å². The van der Waals surface area contributed by atoms with Gasteiger partial charge in [0.2, 0.25) is 5.91 Å². The van der Waals surface area contributed by atoms with E-state index in [1.165, 1.54) is 0 Å². The van der Waals surface area contributed by atoms with Crippen molar-refractivity contribution < 1.29 is 18.0 Å². The molecule has 11 heavy (non-hydrogen) atoms. The molecular weight excluding hydrogens is 159 g/mol. The highest BCUT2D eigenvalue weighted by molar-refractivity contribution is 5.78. The maximum Gasteiger partial charge on any atom is 0.389 e. The Morgan fingerprint density at radius 2 is 2.18 bits per heavy atom. The lowest BCUT2D eigenvalue weighted by molar-refractivity contribution is -0.143. The maximum atomic E-state index is 11.7. The Balaban J connectivity index is 2.34. The summed E-state index contributed by atoms with van der Waals surface area (Å²) in [6.45, 7) is 0.165. The Morgan fingerprint density at radius 3 is 2.55 bits per heavy atom. The first-order valence-corrected chi connectivity index (χ1v) is 3.31. The second-order valence-electron chi connectivity index (χ2n) is 2.69. The number of carbonyl (C=O) groups is 1. The van der Waals surface area contributed by atoms with Crippen molar-refractivity contribution in [2.75, 3.05) is 6.54 Å². The minimum Gasteiger partial charge on any atom is -0.356 e. The molecule has 0 unspecified atom stereocenters. The third-order valence-electron chi connectivity index (χ3n) is 1.58. The summed E-state index contributed by atoms with van der Waals surface area (Å²) >= 11 is 0. The Hall–Kier alpha value is -0.740. The summed E-state index contributed by atoms with van der Waals surface area (Å²) in [4.78, 5) is 10.5. The fourth-order valence-corrected chi connectivity index (χ4v) is 1.14. The minimum absolute atomic E-state index is 0.0134. The van der Waals surface area contributed by atoms with Crippen molar-refractivity contribution in [1.82, 2.24) is 5.32 Å². The second kappa shape index (κ2) is 2.71. The van der Waals surface area contributed by atoms with Gasteiger partial charge in [-0.3, -0.25) is 4.79 Å². The summed E-state index contributed by atoms with van der Waals surface area (Å²) in [6, 6.07) is 0. The van der Waals surface area contributed by atoms with Gasteiger partial charge in [-0.05, 0) is 5.92 Å². The van der Waals surface area contributed by atoms with Gasteiger partial charge in [-0.25, -0.2) is 0 Å². The standard InChI is InChI=1S/C6H8F3NO/c7-6(8,9)2-4-1-5(11)10-3-4/h4H,1-3H2,(H,10,11)/t4-/m0/s1. The third-order valence-corrected chi connectivity index (χ3v) is 1.58. The zero-order chi connectivity index (χ0) is 8.48. The van der Waals surface area contributed by atoms with Gasteiger partial charge in [0.1, 0.15) is 0 Å². The van der Waals surface area contributed by atoms with Crippen LogP contribution in [0, 0.1) is 5.92 Å². The molecule has 1 aliphatic rings. The molecule has 0 spiro atoms. The molecule has 1 N–H and O–H groups in total. The number of halogens is 3. The summed E-state index contributed by atoms with van der Waals surface area (Å²) in [5, 5.41) is 2.35. The molecule has 1 saturated heterocycles. The fraction of sp³-hybridized carbons (Fsp3) is 0.833. The van der Waals surface area contributed by atoms with E-state index in [9.17, 15) is 18.0 Å². The normalized spacial score (nSPS) is 25.4. The second-order valence-corrected chi connectivity index (χ2v) is 2.69. The van der Waals surface area contributed by atoms with Crippen LogP contribution in [0.5, 0.6) is 0 Å². The van der Waals surface area contributed by atoms with Gasteiger partial charge < -0.3 is 5.32 Å². The van der Waals surface area contributed by atoms with Crippen molar-refractivity contribution in [2.45, 2.75) is 19.0 Å². The summed E-state index contributed by atoms with van der Waals surface area (Å²) in [5.41, 5.74) is 0. The van der Waals surface area contributed by atoms with E-state index in [4.69, 9.17) is 0 Å². The highest BCUT2D eigenvalue weighted by Crippen LogP contribution is 2.27. The number of nitrogens with one attached hydrogen (secondary N) is 1. The molecule has 0 aromatic carbocycles. The summed E-state index contributed by atoms with van der Waals surface area (Å²) in [7, 11) is 0. The van der Waals surface area contributed by atoms with Crippen molar-refractivity contribution in [1.29, 1.82) is 0 Å². The van der Waals surface area contributed by atoms with Crippen LogP contribution in [0.4, 0.5) is 13.2 Å². The Labute approximate surface area is 61.8 Å². The van der Waals surface area contributed by atoms with Gasteiger partial charge in [0.25, 0.3) is 0 Å². The molecular formula is C6H8F3NO. The molecule has 0 aromatic rings. The van der Waals surface area contributed by atoms with E-state index >= 15 is 0 Å². The van der Waals surface area contributed by atoms with Crippen LogP contribution in [-0.4, -0.2) is 18.6 Å². The predicted molar refractivity (Wildman–Crippen MR) is 31.8 cm³/mol. The number of alkyl halides is 3. The van der Waals surface area contributed by atoms with Crippen molar-refractivity contribution >= 4 is 5.91 Å². The Bertz CT molecular complexity index is 166. The zero-order valence-corrected chi connectivity index (χ0v) is 5.74. The molecule has 1 amide bonds. The molecule has 0 aromatic heterocycles. The molecule has 5 heteroatoms. The summed E-state index contributed by atoms with van der Waals surface area (Å²) in [6.07, 6.45) is -4.98. The van der Waals surface area contributed by atoms with Crippen LogP contribution < -0.4 is 5.32 Å². The molecule has 1 heterocycles. The lowest BCUT2D eigenvalue weighted by atomic mass is 10.1. The first-order valence-electron chi connectivity index (χ1n) is 3.31. The van der Waals surface area contributed by atoms with Gasteiger partial charge in [-0.15, -0.1) is 0 Å². The number of amides is 1. The van der Waals surface area contributed by atoms with Gasteiger partial charge in [-0.2, -0.15) is 13.2 Å². The first kappa shape index (κ1) is 8.36. The van der Waals surface area contributed by atoms with Crippen LogP contribution in [0.15, 0.2) is 0 Å². The topological polar surface area (TPSA) is 29.1 Å². The monoisotopic (exact) mass is 167 g/mol. The first-order chi connectivity index (χ1) is 4.97. The van der Waals surface area contributed by atoms with Crippen molar-refractivity contribution in [3.63, 3.8) is 0 Å². The minimum atomic E-state index is -4.14. The molecule has 64 valence electrons. The molecule has 1 atom stereocenters. The van der Waals surface area contributed by atoms with E-state index < -0.39 is 18.5 Å². The smallest absolute Gasteiger partial charge is 0.356 e. The zero-order valence-electron chi connectivity index (χ0n) is 5.74. The number of hydrogen-bond donors (Lipinski definition) is 1. The van der Waals surface area contributed by atoms with E-state index in [2.05, 4.69) is 5.32 Å². The summed E-state index contributed by atoms with van der Waals surface area (Å²) < 4.78 is 35.1. The fourth-order valence-electron chi connectivity index (χ4n) is 1.14. The molecule has 0 aliphatic carbocycles. The van der Waals surface area contributed by atoms with Crippen molar-refractivity contribution in [3.05, 3.63) is 0 Å². The van der Waals surface area contributed by atoms with Gasteiger partial charge in [-0.1, -0.05) is 0 Å². The molecule has 1 rings (SSSR count). The van der Waals surface area contributed by atoms with Gasteiger partial charge in [0.15, 0.2) is 0 Å². The molecule has 1 fully saturated rings. The molecule has 0 radical (unpaired) electrons. The highest BCUT2D eigenvalue weighted by Gasteiger charge is 2.35. The largest absolute Gasteiger partial charge is 0.389 e. The number of carbonyl (C=O) groups excluding carboxylic acids is 1. The average molecular weight is 167 g/mol. The number of hydrogen-bond acceptors (Lipinski definition) is 1. The van der Waals surface area contributed by atoms with Crippen molar-refractivity contribution in [3.8, 4) is 0 Å². The third kappa shape index (κ3) is 2.78. The average Bonchev–Trinajstić information content (AvgIpc) is 2.10. The molecule has 2 nitrogen and oxygen atoms in total. The Kier molecular flexibility index (Phi) is 2.06. The molecule has 0 bridgehead atoms. The molecule has 0 saturated carbocycles. The lowest BCUT2D eigenvalue weighted by Gasteiger charge is -2.09. The van der Waals surface area contributed by atoms with E-state index in [1.807, 2.05) is 0 Å². The van der Waals surface area contributed by atoms with E-state index in [-0.39, 0.29) is 18.9 Å². The van der Waals surface area contributed by atoms with Gasteiger partial charge >= 0.3 is 6.18 Å². The van der Waals surface area contributed by atoms with Crippen LogP contribution in [-0.2, 0) is 4.79 Å². The van der Waals surface area contributed by atoms with Gasteiger partial charge in [0, 0.05) is 19.4 Å². The Morgan fingerprint density at radius 1 is 1.55 bits per heavy atom. The molecule has 1 aliphatic heterocycles. The van der Waals surface area contributed by atoms with Crippen LogP contribution in [0.2, 0.25) is 0 Å². The van der Waals surface area contributed by atoms with E-state index in [1.54, 1.807) is 0 Å². The SMILES string of the molecule is O=C1C[C@@H](CC(F)(F)F)CN1. The van der Waals surface area contributed by atoms with Gasteiger partial charge in [0.05, 0.1) is 0 Å². The highest BCUT2D eigenvalue weighted by atomic mass is 19.4. The van der Waals surface area contributed by atoms with Crippen LogP contribution in [0.25, 0.3) is 0 Å².